The van der Waals surface area contributed by atoms with Crippen molar-refractivity contribution in [3.8, 4) is 0 Å². The van der Waals surface area contributed by atoms with Crippen LogP contribution in [0.1, 0.15) is 29.2 Å². The van der Waals surface area contributed by atoms with Gasteiger partial charge in [0.1, 0.15) is 6.04 Å². The van der Waals surface area contributed by atoms with Gasteiger partial charge in [0.25, 0.3) is 0 Å². The summed E-state index contributed by atoms with van der Waals surface area (Å²) in [7, 11) is 0. The van der Waals surface area contributed by atoms with E-state index in [4.69, 9.17) is 5.73 Å². The molecule has 0 aliphatic carbocycles. The van der Waals surface area contributed by atoms with E-state index >= 15 is 0 Å². The first-order chi connectivity index (χ1) is 10.1. The van der Waals surface area contributed by atoms with Crippen LogP contribution >= 0.6 is 12.4 Å². The molecule has 1 rings (SSSR count). The predicted molar refractivity (Wildman–Crippen MR) is 67.3 cm³/mol. The number of alkyl halides is 9. The Labute approximate surface area is 135 Å². The summed E-state index contributed by atoms with van der Waals surface area (Å²) >= 11 is 0. The largest absolute Gasteiger partial charge is 0.416 e. The molecule has 2 atom stereocenters. The molecule has 12 heteroatoms. The molecule has 0 saturated heterocycles. The van der Waals surface area contributed by atoms with Crippen LogP contribution < -0.4 is 5.73 Å². The molecule has 2 nitrogen and oxygen atoms in total. The third-order valence-electron chi connectivity index (χ3n) is 2.89. The Hall–Kier alpha value is -1.20. The molecule has 0 amide bonds. The van der Waals surface area contributed by atoms with E-state index in [1.54, 1.807) is 0 Å². The molecule has 3 N–H and O–H groups in total. The summed E-state index contributed by atoms with van der Waals surface area (Å²) in [6.07, 6.45) is -18.8. The minimum atomic E-state index is -5.16. The highest BCUT2D eigenvalue weighted by Crippen LogP contribution is 2.38. The summed E-state index contributed by atoms with van der Waals surface area (Å²) in [5.74, 6) is 0. The van der Waals surface area contributed by atoms with Crippen molar-refractivity contribution in [1.29, 1.82) is 0 Å². The monoisotopic (exact) mass is 391 g/mol. The quantitative estimate of drug-likeness (QED) is 0.747. The van der Waals surface area contributed by atoms with Crippen LogP contribution in [0.3, 0.4) is 0 Å². The molecule has 0 unspecified atom stereocenters. The van der Waals surface area contributed by atoms with Crippen LogP contribution in [0.4, 0.5) is 39.5 Å². The summed E-state index contributed by atoms with van der Waals surface area (Å²) in [6, 6.07) is -2.48. The molecule has 140 valence electrons. The Morgan fingerprint density at radius 2 is 1.21 bits per heavy atom. The number of nitrogens with two attached hydrogens (primary N) is 1. The summed E-state index contributed by atoms with van der Waals surface area (Å²) in [5.41, 5.74) is 0.287. The minimum absolute atomic E-state index is 0. The zero-order valence-corrected chi connectivity index (χ0v) is 12.2. The first-order valence-corrected chi connectivity index (χ1v) is 5.92. The molecule has 0 saturated carbocycles. The van der Waals surface area contributed by atoms with Crippen LogP contribution in [0, 0.1) is 0 Å². The zero-order valence-electron chi connectivity index (χ0n) is 11.4. The predicted octanol–water partition coefficient (Wildman–Crippen LogP) is 4.46. The lowest BCUT2D eigenvalue weighted by Gasteiger charge is -2.21. The van der Waals surface area contributed by atoms with Gasteiger partial charge < -0.3 is 10.8 Å². The Morgan fingerprint density at radius 3 is 1.50 bits per heavy atom. The second-order valence-electron chi connectivity index (χ2n) is 4.74. The SMILES string of the molecule is Cl.N[C@@H](C[C@H](O)c1cc(C(F)(F)F)cc(C(F)(F)F)c1)C(F)(F)F. The van der Waals surface area contributed by atoms with E-state index in [-0.39, 0.29) is 30.6 Å². The van der Waals surface area contributed by atoms with Gasteiger partial charge in [-0.15, -0.1) is 12.4 Å². The fraction of sp³-hybridized carbons (Fsp3) is 0.500. The molecule has 0 aliphatic rings. The Bertz CT molecular complexity index is 521. The molecule has 0 radical (unpaired) electrons. The van der Waals surface area contributed by atoms with Gasteiger partial charge in [-0.25, -0.2) is 0 Å². The first kappa shape index (κ1) is 22.8. The molecular weight excluding hydrogens is 381 g/mol. The fourth-order valence-electron chi connectivity index (χ4n) is 1.68. The average molecular weight is 392 g/mol. The van der Waals surface area contributed by atoms with E-state index in [0.29, 0.717) is 0 Å². The molecule has 0 fully saturated rings. The highest BCUT2D eigenvalue weighted by molar-refractivity contribution is 5.85. The molecule has 0 bridgehead atoms. The van der Waals surface area contributed by atoms with Crippen molar-refractivity contribution in [3.05, 3.63) is 34.9 Å². The molecule has 0 aromatic heterocycles. The summed E-state index contributed by atoms with van der Waals surface area (Å²) in [4.78, 5) is 0. The van der Waals surface area contributed by atoms with Gasteiger partial charge in [-0.05, 0) is 23.8 Å². The third-order valence-corrected chi connectivity index (χ3v) is 2.89. The van der Waals surface area contributed by atoms with Gasteiger partial charge in [-0.1, -0.05) is 0 Å². The second kappa shape index (κ2) is 7.36. The molecule has 1 aromatic rings. The van der Waals surface area contributed by atoms with Crippen molar-refractivity contribution >= 4 is 12.4 Å². The zero-order chi connectivity index (χ0) is 18.2. The maximum atomic E-state index is 12.6. The summed E-state index contributed by atoms with van der Waals surface area (Å²) < 4.78 is 112. The number of aliphatic hydroxyl groups excluding tert-OH is 1. The van der Waals surface area contributed by atoms with E-state index in [2.05, 4.69) is 0 Å². The van der Waals surface area contributed by atoms with Gasteiger partial charge in [0, 0.05) is 6.42 Å². The van der Waals surface area contributed by atoms with Crippen LogP contribution in [-0.4, -0.2) is 17.3 Å². The Balaban J connectivity index is 0.00000529. The second-order valence-corrected chi connectivity index (χ2v) is 4.74. The lowest BCUT2D eigenvalue weighted by molar-refractivity contribution is -0.154. The molecule has 1 aromatic carbocycles. The highest BCUT2D eigenvalue weighted by Gasteiger charge is 2.40. The number of hydrogen-bond acceptors (Lipinski definition) is 2. The van der Waals surface area contributed by atoms with Gasteiger partial charge in [0.2, 0.25) is 0 Å². The summed E-state index contributed by atoms with van der Waals surface area (Å²) in [6.45, 7) is 0. The normalized spacial score (nSPS) is 15.6. The van der Waals surface area contributed by atoms with Crippen LogP contribution in [0.5, 0.6) is 0 Å². The van der Waals surface area contributed by atoms with E-state index in [1.807, 2.05) is 0 Å². The van der Waals surface area contributed by atoms with E-state index < -0.39 is 53.8 Å². The fourth-order valence-corrected chi connectivity index (χ4v) is 1.68. The third kappa shape index (κ3) is 6.02. The van der Waals surface area contributed by atoms with E-state index in [1.165, 1.54) is 0 Å². The smallest absolute Gasteiger partial charge is 0.388 e. The maximum Gasteiger partial charge on any atom is 0.416 e. The first-order valence-electron chi connectivity index (χ1n) is 5.92. The minimum Gasteiger partial charge on any atom is -0.388 e. The van der Waals surface area contributed by atoms with Gasteiger partial charge in [-0.3, -0.25) is 0 Å². The maximum absolute atomic E-state index is 12.6. The number of rotatable bonds is 3. The van der Waals surface area contributed by atoms with Gasteiger partial charge >= 0.3 is 18.5 Å². The van der Waals surface area contributed by atoms with Gasteiger partial charge in [0.15, 0.2) is 0 Å². The van der Waals surface area contributed by atoms with Crippen molar-refractivity contribution in [2.75, 3.05) is 0 Å². The van der Waals surface area contributed by atoms with Gasteiger partial charge in [-0.2, -0.15) is 39.5 Å². The van der Waals surface area contributed by atoms with Crippen LogP contribution in [0.25, 0.3) is 0 Å². The lowest BCUT2D eigenvalue weighted by atomic mass is 9.97. The molecule has 0 spiro atoms. The lowest BCUT2D eigenvalue weighted by Crippen LogP contribution is -2.38. The van der Waals surface area contributed by atoms with E-state index in [0.717, 1.165) is 0 Å². The van der Waals surface area contributed by atoms with Gasteiger partial charge in [0.05, 0.1) is 17.2 Å². The molecular formula is C12H11ClF9NO. The van der Waals surface area contributed by atoms with Crippen molar-refractivity contribution in [1.82, 2.24) is 0 Å². The van der Waals surface area contributed by atoms with E-state index in [9.17, 15) is 44.6 Å². The van der Waals surface area contributed by atoms with Crippen molar-refractivity contribution < 1.29 is 44.6 Å². The summed E-state index contributed by atoms with van der Waals surface area (Å²) in [5, 5.41) is 9.52. The molecule has 24 heavy (non-hydrogen) atoms. The topological polar surface area (TPSA) is 46.2 Å². The van der Waals surface area contributed by atoms with Crippen LogP contribution in [0.2, 0.25) is 0 Å². The number of hydrogen-bond donors (Lipinski definition) is 2. The standard InChI is InChI=1S/C12H10F9NO.ClH/c13-10(14,15)6-1-5(2-7(3-6)11(16,17)18)8(23)4-9(22)12(19,20)21;/h1-3,8-9,23H,4,22H2;1H/t8-,9-;/m0./s1. The molecule has 0 aliphatic heterocycles. The van der Waals surface area contributed by atoms with Crippen molar-refractivity contribution in [2.24, 2.45) is 5.73 Å². The molecule has 0 heterocycles. The number of benzene rings is 1. The van der Waals surface area contributed by atoms with Crippen LogP contribution in [0.15, 0.2) is 18.2 Å². The average Bonchev–Trinajstić information content (AvgIpc) is 2.34. The Morgan fingerprint density at radius 1 is 0.833 bits per heavy atom. The highest BCUT2D eigenvalue weighted by atomic mass is 35.5. The number of halogens is 10. The van der Waals surface area contributed by atoms with Crippen molar-refractivity contribution in [3.63, 3.8) is 0 Å². The number of aliphatic hydroxyl groups is 1. The van der Waals surface area contributed by atoms with Crippen LogP contribution in [-0.2, 0) is 12.4 Å². The van der Waals surface area contributed by atoms with Crippen molar-refractivity contribution in [2.45, 2.75) is 37.1 Å². The Kier molecular flexibility index (Phi) is 6.99.